The summed E-state index contributed by atoms with van der Waals surface area (Å²) in [4.78, 5) is 0. The molecular weight excluding hydrogens is 170 g/mol. The average Bonchev–Trinajstić information content (AvgIpc) is 1.93. The fourth-order valence-electron chi connectivity index (χ4n) is 2.11. The second-order valence-electron chi connectivity index (χ2n) is 6.13. The van der Waals surface area contributed by atoms with Crippen molar-refractivity contribution in [2.45, 2.75) is 47.5 Å². The number of likely N-dealkylation sites (N-methyl/N-ethyl adjacent to an activating group) is 1. The Kier molecular flexibility index (Phi) is 5.43. The lowest BCUT2D eigenvalue weighted by atomic mass is 9.74. The third kappa shape index (κ3) is 8.31. The maximum Gasteiger partial charge on any atom is 0.0131 e. The summed E-state index contributed by atoms with van der Waals surface area (Å²) in [5, 5.41) is 3.12. The highest BCUT2D eigenvalue weighted by Gasteiger charge is 2.23. The van der Waals surface area contributed by atoms with Crippen LogP contribution >= 0.6 is 0 Å². The summed E-state index contributed by atoms with van der Waals surface area (Å²) in [7, 11) is 1.98. The monoisotopic (exact) mass is 197 g/mol. The van der Waals surface area contributed by atoms with Gasteiger partial charge in [0.1, 0.15) is 0 Å². The number of nitrogens with one attached hydrogen (secondary N) is 1. The molecule has 0 aliphatic heterocycles. The van der Waals surface area contributed by atoms with Crippen LogP contribution in [0.1, 0.15) is 47.5 Å². The predicted molar refractivity (Wildman–Crippen MR) is 65.5 cm³/mol. The van der Waals surface area contributed by atoms with E-state index < -0.39 is 0 Å². The Morgan fingerprint density at radius 3 is 2.00 bits per heavy atom. The van der Waals surface area contributed by atoms with Gasteiger partial charge in [0.2, 0.25) is 0 Å². The van der Waals surface area contributed by atoms with Gasteiger partial charge in [-0.25, -0.2) is 0 Å². The zero-order valence-corrected chi connectivity index (χ0v) is 10.8. The van der Waals surface area contributed by atoms with Gasteiger partial charge < -0.3 is 5.32 Å². The fraction of sp³-hybridized carbons (Fsp3) is 0.846. The lowest BCUT2D eigenvalue weighted by molar-refractivity contribution is 0.215. The summed E-state index contributed by atoms with van der Waals surface area (Å²) in [6, 6.07) is 0. The first-order valence-corrected chi connectivity index (χ1v) is 5.56. The van der Waals surface area contributed by atoms with Crippen LogP contribution in [0.2, 0.25) is 0 Å². The number of allylic oxidation sites excluding steroid dienone is 1. The first kappa shape index (κ1) is 13.7. The molecule has 0 unspecified atom stereocenters. The maximum atomic E-state index is 3.12. The van der Waals surface area contributed by atoms with Crippen LogP contribution < -0.4 is 5.32 Å². The van der Waals surface area contributed by atoms with Crippen LogP contribution in [0.3, 0.4) is 0 Å². The minimum absolute atomic E-state index is 0.419. The van der Waals surface area contributed by atoms with Crippen LogP contribution in [0, 0.1) is 10.8 Å². The molecule has 0 radical (unpaired) electrons. The Morgan fingerprint density at radius 2 is 1.57 bits per heavy atom. The van der Waals surface area contributed by atoms with Crippen molar-refractivity contribution in [2.75, 3.05) is 13.6 Å². The lowest BCUT2D eigenvalue weighted by Crippen LogP contribution is -2.20. The fourth-order valence-corrected chi connectivity index (χ4v) is 2.11. The molecule has 0 saturated heterocycles. The molecule has 0 amide bonds. The van der Waals surface area contributed by atoms with Crippen LogP contribution in [0.25, 0.3) is 0 Å². The Balaban J connectivity index is 3.95. The van der Waals surface area contributed by atoms with Crippen LogP contribution in [-0.4, -0.2) is 13.6 Å². The molecule has 0 rings (SSSR count). The smallest absolute Gasteiger partial charge is 0.0131 e. The molecule has 84 valence electrons. The zero-order valence-electron chi connectivity index (χ0n) is 10.8. The van der Waals surface area contributed by atoms with Gasteiger partial charge in [-0.1, -0.05) is 46.8 Å². The first-order valence-electron chi connectivity index (χ1n) is 5.56. The van der Waals surface area contributed by atoms with Crippen molar-refractivity contribution in [3.8, 4) is 0 Å². The second kappa shape index (κ2) is 5.55. The van der Waals surface area contributed by atoms with Gasteiger partial charge in [-0.2, -0.15) is 0 Å². The second-order valence-corrected chi connectivity index (χ2v) is 6.13. The minimum atomic E-state index is 0.419. The van der Waals surface area contributed by atoms with Gasteiger partial charge in [-0.15, -0.1) is 0 Å². The third-order valence-corrected chi connectivity index (χ3v) is 2.17. The Labute approximate surface area is 90.0 Å². The molecular formula is C13H27N. The largest absolute Gasteiger partial charge is 0.316 e. The molecule has 0 aromatic heterocycles. The third-order valence-electron chi connectivity index (χ3n) is 2.17. The van der Waals surface area contributed by atoms with Crippen LogP contribution in [0.5, 0.6) is 0 Å². The molecule has 0 aromatic rings. The van der Waals surface area contributed by atoms with Crippen molar-refractivity contribution < 1.29 is 0 Å². The van der Waals surface area contributed by atoms with Crippen LogP contribution in [0.15, 0.2) is 12.2 Å². The Hall–Kier alpha value is -0.300. The van der Waals surface area contributed by atoms with Crippen molar-refractivity contribution in [1.82, 2.24) is 5.32 Å². The van der Waals surface area contributed by atoms with E-state index in [0.29, 0.717) is 10.8 Å². The van der Waals surface area contributed by atoms with E-state index in [2.05, 4.69) is 52.1 Å². The van der Waals surface area contributed by atoms with Crippen LogP contribution in [0.4, 0.5) is 0 Å². The molecule has 0 bridgehead atoms. The van der Waals surface area contributed by atoms with E-state index in [-0.39, 0.29) is 0 Å². The van der Waals surface area contributed by atoms with Gasteiger partial charge in [0.15, 0.2) is 0 Å². The summed E-state index contributed by atoms with van der Waals surface area (Å²) in [5.41, 5.74) is 0.850. The van der Waals surface area contributed by atoms with E-state index >= 15 is 0 Å². The number of hydrogen-bond donors (Lipinski definition) is 1. The standard InChI is InChI=1S/C13H27N/c1-12(2,3)11-13(4,5)9-7-8-10-14-6/h7-8,14H,9-11H2,1-6H3. The number of rotatable bonds is 5. The molecule has 1 N–H and O–H groups in total. The van der Waals surface area contributed by atoms with Crippen molar-refractivity contribution in [1.29, 1.82) is 0 Å². The van der Waals surface area contributed by atoms with Crippen molar-refractivity contribution in [3.05, 3.63) is 12.2 Å². The van der Waals surface area contributed by atoms with Gasteiger partial charge >= 0.3 is 0 Å². The van der Waals surface area contributed by atoms with E-state index in [1.54, 1.807) is 0 Å². The predicted octanol–water partition coefficient (Wildman–Crippen LogP) is 3.61. The van der Waals surface area contributed by atoms with E-state index in [9.17, 15) is 0 Å². The summed E-state index contributed by atoms with van der Waals surface area (Å²) in [6.07, 6.45) is 6.95. The van der Waals surface area contributed by atoms with E-state index in [1.807, 2.05) is 7.05 Å². The highest BCUT2D eigenvalue weighted by molar-refractivity contribution is 4.90. The molecule has 0 aliphatic carbocycles. The SMILES string of the molecule is CNCC=CCC(C)(C)CC(C)(C)C. The van der Waals surface area contributed by atoms with E-state index in [4.69, 9.17) is 0 Å². The molecule has 0 saturated carbocycles. The zero-order chi connectivity index (χ0) is 11.2. The highest BCUT2D eigenvalue weighted by Crippen LogP contribution is 2.35. The molecule has 0 fully saturated rings. The molecule has 1 nitrogen and oxygen atoms in total. The van der Waals surface area contributed by atoms with Gasteiger partial charge in [-0.3, -0.25) is 0 Å². The minimum Gasteiger partial charge on any atom is -0.316 e. The summed E-state index contributed by atoms with van der Waals surface area (Å²) in [5.74, 6) is 0. The van der Waals surface area contributed by atoms with Crippen molar-refractivity contribution >= 4 is 0 Å². The number of hydrogen-bond acceptors (Lipinski definition) is 1. The van der Waals surface area contributed by atoms with E-state index in [1.165, 1.54) is 12.8 Å². The summed E-state index contributed by atoms with van der Waals surface area (Å²) >= 11 is 0. The topological polar surface area (TPSA) is 12.0 Å². The average molecular weight is 197 g/mol. The van der Waals surface area contributed by atoms with Crippen LogP contribution in [-0.2, 0) is 0 Å². The summed E-state index contributed by atoms with van der Waals surface area (Å²) in [6.45, 7) is 12.6. The van der Waals surface area contributed by atoms with Gasteiger partial charge in [0.05, 0.1) is 0 Å². The maximum absolute atomic E-state index is 3.12. The molecule has 14 heavy (non-hydrogen) atoms. The Bertz CT molecular complexity index is 172. The quantitative estimate of drug-likeness (QED) is 0.664. The molecule has 0 atom stereocenters. The summed E-state index contributed by atoms with van der Waals surface area (Å²) < 4.78 is 0. The Morgan fingerprint density at radius 1 is 1.00 bits per heavy atom. The molecule has 0 aliphatic rings. The lowest BCUT2D eigenvalue weighted by Gasteiger charge is -2.31. The normalized spacial score (nSPS) is 13.9. The van der Waals surface area contributed by atoms with Gasteiger partial charge in [0, 0.05) is 6.54 Å². The molecule has 0 aromatic carbocycles. The van der Waals surface area contributed by atoms with Crippen molar-refractivity contribution in [3.63, 3.8) is 0 Å². The van der Waals surface area contributed by atoms with Gasteiger partial charge in [-0.05, 0) is 30.7 Å². The molecule has 0 heterocycles. The van der Waals surface area contributed by atoms with Gasteiger partial charge in [0.25, 0.3) is 0 Å². The molecule has 1 heteroatoms. The van der Waals surface area contributed by atoms with E-state index in [0.717, 1.165) is 6.54 Å². The molecule has 0 spiro atoms. The van der Waals surface area contributed by atoms with Crippen molar-refractivity contribution in [2.24, 2.45) is 10.8 Å². The highest BCUT2D eigenvalue weighted by atomic mass is 14.8. The first-order chi connectivity index (χ1) is 6.27.